The molecule has 1 nitrogen and oxygen atoms in total. The molecule has 0 aliphatic carbocycles. The van der Waals surface area contributed by atoms with E-state index in [4.69, 9.17) is 0 Å². The van der Waals surface area contributed by atoms with E-state index >= 15 is 0 Å². The predicted molar refractivity (Wildman–Crippen MR) is 37.9 cm³/mol. The monoisotopic (exact) mass is 111 g/mol. The van der Waals surface area contributed by atoms with Crippen LogP contribution in [-0.2, 0) is 0 Å². The summed E-state index contributed by atoms with van der Waals surface area (Å²) in [5.41, 5.74) is -0.0972. The summed E-state index contributed by atoms with van der Waals surface area (Å²) in [6.45, 7) is 9.29. The average Bonchev–Trinajstić information content (AvgIpc) is 1.87. The molecule has 0 unspecified atom stereocenters. The quantitative estimate of drug-likeness (QED) is 0.542. The Balaban J connectivity index is 3.96. The maximum atomic E-state index is 3.64. The van der Waals surface area contributed by atoms with E-state index in [1.165, 1.54) is 0 Å². The molecule has 0 fully saturated rings. The van der Waals surface area contributed by atoms with Crippen molar-refractivity contribution < 1.29 is 0 Å². The first kappa shape index (κ1) is 7.44. The molecule has 0 bridgehead atoms. The molecule has 0 aliphatic heterocycles. The number of likely N-dealkylation sites (N-methyl/N-ethyl adjacent to an activating group) is 1. The predicted octanol–water partition coefficient (Wildman–Crippen LogP) is 1.34. The number of rotatable bonds is 3. The van der Waals surface area contributed by atoms with Gasteiger partial charge in [-0.3, -0.25) is 0 Å². The molecular weight excluding hydrogens is 98.1 g/mol. The molecule has 0 saturated carbocycles. The number of hydrogen-bond acceptors (Lipinski definition) is 1. The van der Waals surface area contributed by atoms with E-state index in [0.29, 0.717) is 0 Å². The summed E-state index contributed by atoms with van der Waals surface area (Å²) in [5.74, 6) is 0. The molecule has 0 spiro atoms. The lowest BCUT2D eigenvalue weighted by atomic mass is 10.0. The Morgan fingerprint density at radius 3 is 1.75 bits per heavy atom. The molecule has 0 aromatic rings. The van der Waals surface area contributed by atoms with E-state index in [-0.39, 0.29) is 5.54 Å². The van der Waals surface area contributed by atoms with Gasteiger partial charge in [0.15, 0.2) is 0 Å². The second-order valence-electron chi connectivity index (χ2n) is 1.94. The molecule has 0 radical (unpaired) electrons. The molecule has 0 heterocycles. The highest BCUT2D eigenvalue weighted by Crippen LogP contribution is 2.02. The lowest BCUT2D eigenvalue weighted by Crippen LogP contribution is -2.34. The van der Waals surface area contributed by atoms with Gasteiger partial charge in [-0.2, -0.15) is 0 Å². The molecule has 8 heavy (non-hydrogen) atoms. The van der Waals surface area contributed by atoms with E-state index in [1.807, 2.05) is 26.1 Å². The van der Waals surface area contributed by atoms with Gasteiger partial charge in [-0.1, -0.05) is 12.2 Å². The normalized spacial score (nSPS) is 10.8. The molecule has 46 valence electrons. The van der Waals surface area contributed by atoms with E-state index < -0.39 is 0 Å². The van der Waals surface area contributed by atoms with Crippen LogP contribution in [0.5, 0.6) is 0 Å². The van der Waals surface area contributed by atoms with Gasteiger partial charge < -0.3 is 5.32 Å². The van der Waals surface area contributed by atoms with Gasteiger partial charge in [0.05, 0.1) is 5.54 Å². The second kappa shape index (κ2) is 2.68. The Hall–Kier alpha value is -0.560. The third kappa shape index (κ3) is 1.51. The first-order valence-corrected chi connectivity index (χ1v) is 2.64. The van der Waals surface area contributed by atoms with Crippen molar-refractivity contribution in [2.75, 3.05) is 7.05 Å². The fourth-order valence-electron chi connectivity index (χ4n) is 0.287. The Bertz CT molecular complexity index is 86.6. The van der Waals surface area contributed by atoms with Crippen LogP contribution in [-0.4, -0.2) is 12.6 Å². The summed E-state index contributed by atoms with van der Waals surface area (Å²) in [7, 11) is 1.88. The van der Waals surface area contributed by atoms with Gasteiger partial charge in [-0.05, 0) is 14.0 Å². The minimum atomic E-state index is -0.0972. The number of nitrogens with one attached hydrogen (secondary N) is 1. The highest BCUT2D eigenvalue weighted by atomic mass is 14.9. The zero-order valence-electron chi connectivity index (χ0n) is 5.57. The van der Waals surface area contributed by atoms with Crippen LogP contribution in [0, 0.1) is 0 Å². The zero-order valence-corrected chi connectivity index (χ0v) is 5.57. The van der Waals surface area contributed by atoms with Gasteiger partial charge in [0.1, 0.15) is 0 Å². The lowest BCUT2D eigenvalue weighted by Gasteiger charge is -2.18. The molecule has 1 heteroatoms. The summed E-state index contributed by atoms with van der Waals surface area (Å²) < 4.78 is 0. The standard InChI is InChI=1S/C7H13N/c1-5-7(3,6-2)8-4/h5-6,8H,1-2H2,3-4H3. The van der Waals surface area contributed by atoms with Crippen LogP contribution in [0.25, 0.3) is 0 Å². The third-order valence-corrected chi connectivity index (χ3v) is 1.39. The van der Waals surface area contributed by atoms with Crippen molar-refractivity contribution >= 4 is 0 Å². The van der Waals surface area contributed by atoms with Gasteiger partial charge in [0.25, 0.3) is 0 Å². The van der Waals surface area contributed by atoms with Gasteiger partial charge >= 0.3 is 0 Å². The zero-order chi connectivity index (χ0) is 6.62. The Morgan fingerprint density at radius 2 is 1.75 bits per heavy atom. The van der Waals surface area contributed by atoms with E-state index in [9.17, 15) is 0 Å². The fraction of sp³-hybridized carbons (Fsp3) is 0.429. The maximum absolute atomic E-state index is 3.64. The van der Waals surface area contributed by atoms with Gasteiger partial charge in [0, 0.05) is 0 Å². The Kier molecular flexibility index (Phi) is 2.49. The van der Waals surface area contributed by atoms with Crippen LogP contribution in [0.2, 0.25) is 0 Å². The lowest BCUT2D eigenvalue weighted by molar-refractivity contribution is 0.591. The van der Waals surface area contributed by atoms with E-state index in [0.717, 1.165) is 0 Å². The molecule has 0 amide bonds. The van der Waals surface area contributed by atoms with Crippen LogP contribution in [0.4, 0.5) is 0 Å². The molecule has 0 aliphatic rings. The van der Waals surface area contributed by atoms with E-state index in [1.54, 1.807) is 0 Å². The molecule has 0 aromatic carbocycles. The first-order chi connectivity index (χ1) is 3.68. The molecule has 0 atom stereocenters. The average molecular weight is 111 g/mol. The summed E-state index contributed by atoms with van der Waals surface area (Å²) in [5, 5.41) is 3.04. The summed E-state index contributed by atoms with van der Waals surface area (Å²) in [4.78, 5) is 0. The largest absolute Gasteiger partial charge is 0.308 e. The van der Waals surface area contributed by atoms with Gasteiger partial charge in [-0.15, -0.1) is 13.2 Å². The minimum absolute atomic E-state index is 0.0972. The summed E-state index contributed by atoms with van der Waals surface area (Å²) >= 11 is 0. The number of hydrogen-bond donors (Lipinski definition) is 1. The van der Waals surface area contributed by atoms with Crippen LogP contribution in [0.1, 0.15) is 6.92 Å². The Morgan fingerprint density at radius 1 is 1.38 bits per heavy atom. The molecular formula is C7H13N. The second-order valence-corrected chi connectivity index (χ2v) is 1.94. The van der Waals surface area contributed by atoms with E-state index in [2.05, 4.69) is 18.5 Å². The van der Waals surface area contributed by atoms with Crippen LogP contribution >= 0.6 is 0 Å². The molecule has 0 rings (SSSR count). The van der Waals surface area contributed by atoms with Crippen molar-refractivity contribution in [3.63, 3.8) is 0 Å². The molecule has 0 aromatic heterocycles. The minimum Gasteiger partial charge on any atom is -0.308 e. The van der Waals surface area contributed by atoms with Gasteiger partial charge in [-0.25, -0.2) is 0 Å². The van der Waals surface area contributed by atoms with Crippen molar-refractivity contribution in [3.8, 4) is 0 Å². The fourth-order valence-corrected chi connectivity index (χ4v) is 0.287. The van der Waals surface area contributed by atoms with Crippen molar-refractivity contribution in [3.05, 3.63) is 25.3 Å². The van der Waals surface area contributed by atoms with Crippen molar-refractivity contribution in [1.82, 2.24) is 5.32 Å². The highest BCUT2D eigenvalue weighted by Gasteiger charge is 2.09. The van der Waals surface area contributed by atoms with Gasteiger partial charge in [0.2, 0.25) is 0 Å². The smallest absolute Gasteiger partial charge is 0.0513 e. The maximum Gasteiger partial charge on any atom is 0.0513 e. The highest BCUT2D eigenvalue weighted by molar-refractivity contribution is 5.10. The van der Waals surface area contributed by atoms with Crippen molar-refractivity contribution in [2.24, 2.45) is 0 Å². The topological polar surface area (TPSA) is 12.0 Å². The van der Waals surface area contributed by atoms with Crippen LogP contribution in [0.15, 0.2) is 25.3 Å². The molecule has 1 N–H and O–H groups in total. The first-order valence-electron chi connectivity index (χ1n) is 2.64. The van der Waals surface area contributed by atoms with Crippen molar-refractivity contribution in [1.29, 1.82) is 0 Å². The SMILES string of the molecule is C=CC(C)(C=C)NC. The van der Waals surface area contributed by atoms with Crippen molar-refractivity contribution in [2.45, 2.75) is 12.5 Å². The van der Waals surface area contributed by atoms with Crippen LogP contribution < -0.4 is 5.32 Å². The Labute approximate surface area is 51.1 Å². The molecule has 0 saturated heterocycles. The summed E-state index contributed by atoms with van der Waals surface area (Å²) in [6, 6.07) is 0. The summed E-state index contributed by atoms with van der Waals surface area (Å²) in [6.07, 6.45) is 3.64. The third-order valence-electron chi connectivity index (χ3n) is 1.39. The van der Waals surface area contributed by atoms with Crippen LogP contribution in [0.3, 0.4) is 0 Å².